The van der Waals surface area contributed by atoms with E-state index in [1.807, 2.05) is 36.2 Å². The standard InChI is InChI=1S/C19H26N4O2S.HI/c1-20-19(23(2)11-10-17-5-4-12-26-17)22-14-18(24)21-13-15-6-8-16(25-3)9-7-15;/h4-9,12H,10-11,13-14H2,1-3H3,(H,20,22)(H,21,24);1H. The number of carbonyl (C=O) groups is 1. The first-order chi connectivity index (χ1) is 12.6. The Balaban J connectivity index is 0.00000364. The van der Waals surface area contributed by atoms with Gasteiger partial charge in [-0.1, -0.05) is 18.2 Å². The molecule has 0 fully saturated rings. The van der Waals surface area contributed by atoms with Crippen molar-refractivity contribution in [2.45, 2.75) is 13.0 Å². The molecule has 1 amide bonds. The van der Waals surface area contributed by atoms with Crippen molar-refractivity contribution in [1.29, 1.82) is 0 Å². The number of rotatable bonds is 8. The number of hydrogen-bond acceptors (Lipinski definition) is 4. The van der Waals surface area contributed by atoms with Crippen LogP contribution in [0.4, 0.5) is 0 Å². The lowest BCUT2D eigenvalue weighted by atomic mass is 10.2. The Labute approximate surface area is 182 Å². The highest BCUT2D eigenvalue weighted by atomic mass is 127. The maximum Gasteiger partial charge on any atom is 0.239 e. The number of guanidine groups is 1. The zero-order valence-corrected chi connectivity index (χ0v) is 19.0. The van der Waals surface area contributed by atoms with Crippen LogP contribution in [-0.4, -0.2) is 51.1 Å². The first-order valence-corrected chi connectivity index (χ1v) is 9.34. The highest BCUT2D eigenvalue weighted by molar-refractivity contribution is 14.0. The summed E-state index contributed by atoms with van der Waals surface area (Å²) in [6.07, 6.45) is 0.957. The van der Waals surface area contributed by atoms with E-state index in [-0.39, 0.29) is 36.4 Å². The van der Waals surface area contributed by atoms with E-state index < -0.39 is 0 Å². The molecule has 0 saturated carbocycles. The predicted octanol–water partition coefficient (Wildman–Crippen LogP) is 2.74. The van der Waals surface area contributed by atoms with Crippen LogP contribution < -0.4 is 15.4 Å². The zero-order valence-electron chi connectivity index (χ0n) is 15.9. The molecule has 0 spiro atoms. The van der Waals surface area contributed by atoms with Crippen molar-refractivity contribution in [1.82, 2.24) is 15.5 Å². The quantitative estimate of drug-likeness (QED) is 0.331. The predicted molar refractivity (Wildman–Crippen MR) is 122 cm³/mol. The highest BCUT2D eigenvalue weighted by Crippen LogP contribution is 2.11. The molecule has 0 saturated heterocycles. The van der Waals surface area contributed by atoms with Gasteiger partial charge < -0.3 is 20.3 Å². The lowest BCUT2D eigenvalue weighted by Crippen LogP contribution is -2.44. The summed E-state index contributed by atoms with van der Waals surface area (Å²) in [6, 6.07) is 11.8. The molecular formula is C19H27IN4O2S. The summed E-state index contributed by atoms with van der Waals surface area (Å²) in [5, 5.41) is 8.07. The molecule has 2 aromatic rings. The molecule has 1 aromatic carbocycles. The highest BCUT2D eigenvalue weighted by Gasteiger charge is 2.08. The maximum absolute atomic E-state index is 12.1. The van der Waals surface area contributed by atoms with Gasteiger partial charge >= 0.3 is 0 Å². The van der Waals surface area contributed by atoms with Crippen LogP contribution in [0, 0.1) is 0 Å². The molecule has 0 aliphatic rings. The molecule has 1 heterocycles. The van der Waals surface area contributed by atoms with Gasteiger partial charge in [0.05, 0.1) is 13.7 Å². The zero-order chi connectivity index (χ0) is 18.8. The lowest BCUT2D eigenvalue weighted by molar-refractivity contribution is -0.120. The Morgan fingerprint density at radius 2 is 1.96 bits per heavy atom. The summed E-state index contributed by atoms with van der Waals surface area (Å²) in [7, 11) is 5.32. The van der Waals surface area contributed by atoms with Crippen molar-refractivity contribution < 1.29 is 9.53 Å². The van der Waals surface area contributed by atoms with E-state index in [0.29, 0.717) is 12.5 Å². The van der Waals surface area contributed by atoms with Gasteiger partial charge in [0.2, 0.25) is 5.91 Å². The number of methoxy groups -OCH3 is 1. The van der Waals surface area contributed by atoms with E-state index in [0.717, 1.165) is 24.3 Å². The minimum Gasteiger partial charge on any atom is -0.497 e. The molecule has 0 unspecified atom stereocenters. The van der Waals surface area contributed by atoms with E-state index in [4.69, 9.17) is 4.74 Å². The molecule has 27 heavy (non-hydrogen) atoms. The molecule has 0 aliphatic carbocycles. The Bertz CT molecular complexity index is 705. The summed E-state index contributed by atoms with van der Waals surface area (Å²) in [5.74, 6) is 1.44. The van der Waals surface area contributed by atoms with Crippen molar-refractivity contribution in [3.05, 3.63) is 52.2 Å². The van der Waals surface area contributed by atoms with Gasteiger partial charge in [-0.2, -0.15) is 0 Å². The molecule has 2 rings (SSSR count). The molecule has 8 heteroatoms. The minimum absolute atomic E-state index is 0. The molecule has 0 atom stereocenters. The van der Waals surface area contributed by atoms with Gasteiger partial charge in [0, 0.05) is 32.1 Å². The van der Waals surface area contributed by atoms with Crippen LogP contribution in [0.15, 0.2) is 46.8 Å². The van der Waals surface area contributed by atoms with Crippen LogP contribution >= 0.6 is 35.3 Å². The summed E-state index contributed by atoms with van der Waals surface area (Å²) in [4.78, 5) is 19.7. The number of nitrogens with zero attached hydrogens (tertiary/aromatic N) is 2. The van der Waals surface area contributed by atoms with Crippen molar-refractivity contribution in [2.24, 2.45) is 4.99 Å². The van der Waals surface area contributed by atoms with E-state index in [1.165, 1.54) is 4.88 Å². The Morgan fingerprint density at radius 1 is 1.22 bits per heavy atom. The number of nitrogens with one attached hydrogen (secondary N) is 2. The largest absolute Gasteiger partial charge is 0.497 e. The number of amides is 1. The number of likely N-dealkylation sites (N-methyl/N-ethyl adjacent to an activating group) is 1. The van der Waals surface area contributed by atoms with E-state index in [9.17, 15) is 4.79 Å². The molecule has 0 bridgehead atoms. The molecule has 0 aliphatic heterocycles. The van der Waals surface area contributed by atoms with Crippen LogP contribution in [-0.2, 0) is 17.8 Å². The maximum atomic E-state index is 12.1. The third kappa shape index (κ3) is 8.17. The minimum atomic E-state index is -0.0753. The lowest BCUT2D eigenvalue weighted by Gasteiger charge is -2.21. The number of thiophene rings is 1. The number of hydrogen-bond donors (Lipinski definition) is 2. The van der Waals surface area contributed by atoms with Crippen molar-refractivity contribution >= 4 is 47.2 Å². The second-order valence-electron chi connectivity index (χ2n) is 5.78. The fraction of sp³-hybridized carbons (Fsp3) is 0.368. The topological polar surface area (TPSA) is 66.0 Å². The number of aliphatic imine (C=N–C) groups is 1. The van der Waals surface area contributed by atoms with Gasteiger partial charge in [0.25, 0.3) is 0 Å². The average Bonchev–Trinajstić information content (AvgIpc) is 3.19. The molecule has 1 aromatic heterocycles. The van der Waals surface area contributed by atoms with E-state index in [2.05, 4.69) is 33.1 Å². The SMILES string of the molecule is CN=C(NCC(=O)NCc1ccc(OC)cc1)N(C)CCc1cccs1.I. The summed E-state index contributed by atoms with van der Waals surface area (Å²) >= 11 is 1.75. The van der Waals surface area contributed by atoms with E-state index in [1.54, 1.807) is 25.5 Å². The van der Waals surface area contributed by atoms with Crippen molar-refractivity contribution in [3.8, 4) is 5.75 Å². The van der Waals surface area contributed by atoms with Crippen molar-refractivity contribution in [2.75, 3.05) is 34.3 Å². The number of ether oxygens (including phenoxy) is 1. The smallest absolute Gasteiger partial charge is 0.239 e. The fourth-order valence-electron chi connectivity index (χ4n) is 2.39. The van der Waals surface area contributed by atoms with Gasteiger partial charge in [-0.05, 0) is 35.6 Å². The van der Waals surface area contributed by atoms with Gasteiger partial charge in [-0.25, -0.2) is 0 Å². The number of benzene rings is 1. The summed E-state index contributed by atoms with van der Waals surface area (Å²) in [6.45, 7) is 1.51. The van der Waals surface area contributed by atoms with Gasteiger partial charge in [0.1, 0.15) is 5.75 Å². The molecule has 0 radical (unpaired) electrons. The van der Waals surface area contributed by atoms with Gasteiger partial charge in [0.15, 0.2) is 5.96 Å². The van der Waals surface area contributed by atoms with Gasteiger partial charge in [-0.3, -0.25) is 9.79 Å². The molecule has 148 valence electrons. The first kappa shape index (κ1) is 23.2. The monoisotopic (exact) mass is 502 g/mol. The molecule has 6 nitrogen and oxygen atoms in total. The van der Waals surface area contributed by atoms with Crippen LogP contribution in [0.3, 0.4) is 0 Å². The third-order valence-corrected chi connectivity index (χ3v) is 4.84. The normalized spacial score (nSPS) is 10.7. The Hall–Kier alpha value is -1.81. The Morgan fingerprint density at radius 3 is 2.56 bits per heavy atom. The van der Waals surface area contributed by atoms with E-state index >= 15 is 0 Å². The van der Waals surface area contributed by atoms with Crippen molar-refractivity contribution in [3.63, 3.8) is 0 Å². The molecule has 2 N–H and O–H groups in total. The van der Waals surface area contributed by atoms with Crippen LogP contribution in [0.1, 0.15) is 10.4 Å². The average molecular weight is 502 g/mol. The fourth-order valence-corrected chi connectivity index (χ4v) is 3.09. The number of carbonyl (C=O) groups excluding carboxylic acids is 1. The van der Waals surface area contributed by atoms with Gasteiger partial charge in [-0.15, -0.1) is 35.3 Å². The molecular weight excluding hydrogens is 475 g/mol. The summed E-state index contributed by atoms with van der Waals surface area (Å²) in [5.41, 5.74) is 1.02. The van der Waals surface area contributed by atoms with Crippen LogP contribution in [0.25, 0.3) is 0 Å². The Kier molecular flexibility index (Phi) is 10.8. The first-order valence-electron chi connectivity index (χ1n) is 8.46. The number of halogens is 1. The van der Waals surface area contributed by atoms with Crippen LogP contribution in [0.5, 0.6) is 5.75 Å². The third-order valence-electron chi connectivity index (χ3n) is 3.90. The summed E-state index contributed by atoms with van der Waals surface area (Å²) < 4.78 is 5.12. The van der Waals surface area contributed by atoms with Crippen LogP contribution in [0.2, 0.25) is 0 Å². The second kappa shape index (κ2) is 12.6. The second-order valence-corrected chi connectivity index (χ2v) is 6.81.